The number of rotatable bonds is 5. The molecule has 2 aromatic carbocycles. The number of benzene rings is 2. The van der Waals surface area contributed by atoms with E-state index in [1.807, 2.05) is 18.2 Å². The van der Waals surface area contributed by atoms with Crippen LogP contribution in [-0.4, -0.2) is 78.3 Å². The summed E-state index contributed by atoms with van der Waals surface area (Å²) in [5.74, 6) is -2.60. The standard InChI is InChI=1S/C20H23FN2O3.C2H2O4/c1-25-18-7-6-16(19(13-18)26-2)14-22-8-10-23(11-9-22)20(24)15-4-3-5-17(21)12-15;3-1(4)2(5)6/h3-7,12-13H,8-11,14H2,1-2H3;(H,3,4)(H,5,6). The third-order valence-corrected chi connectivity index (χ3v) is 4.80. The minimum atomic E-state index is -1.82. The van der Waals surface area contributed by atoms with E-state index in [1.54, 1.807) is 31.3 Å². The summed E-state index contributed by atoms with van der Waals surface area (Å²) in [5, 5.41) is 14.8. The van der Waals surface area contributed by atoms with Crippen LogP contribution in [0.25, 0.3) is 0 Å². The average molecular weight is 448 g/mol. The monoisotopic (exact) mass is 448 g/mol. The third kappa shape index (κ3) is 6.95. The number of hydrogen-bond acceptors (Lipinski definition) is 6. The maximum absolute atomic E-state index is 13.3. The van der Waals surface area contributed by atoms with Crippen molar-refractivity contribution in [3.8, 4) is 11.5 Å². The molecule has 0 spiro atoms. The highest BCUT2D eigenvalue weighted by Crippen LogP contribution is 2.26. The molecule has 9 nitrogen and oxygen atoms in total. The molecule has 1 amide bonds. The highest BCUT2D eigenvalue weighted by Gasteiger charge is 2.23. The smallest absolute Gasteiger partial charge is 0.414 e. The number of carboxylic acid groups (broad SMARTS) is 2. The van der Waals surface area contributed by atoms with Crippen LogP contribution in [0.4, 0.5) is 4.39 Å². The number of carboxylic acids is 2. The van der Waals surface area contributed by atoms with Crippen molar-refractivity contribution in [1.29, 1.82) is 0 Å². The van der Waals surface area contributed by atoms with Gasteiger partial charge in [-0.2, -0.15) is 0 Å². The average Bonchev–Trinajstić information content (AvgIpc) is 2.79. The number of halogens is 1. The maximum atomic E-state index is 13.3. The first-order valence-electron chi connectivity index (χ1n) is 9.69. The highest BCUT2D eigenvalue weighted by atomic mass is 19.1. The van der Waals surface area contributed by atoms with Crippen molar-refractivity contribution in [3.05, 3.63) is 59.4 Å². The lowest BCUT2D eigenvalue weighted by atomic mass is 10.1. The lowest BCUT2D eigenvalue weighted by Gasteiger charge is -2.35. The van der Waals surface area contributed by atoms with Gasteiger partial charge in [0, 0.05) is 49.9 Å². The van der Waals surface area contributed by atoms with Gasteiger partial charge in [-0.1, -0.05) is 12.1 Å². The summed E-state index contributed by atoms with van der Waals surface area (Å²) in [6, 6.07) is 11.6. The third-order valence-electron chi connectivity index (χ3n) is 4.80. The molecule has 2 N–H and O–H groups in total. The Labute approximate surface area is 184 Å². The van der Waals surface area contributed by atoms with Crippen LogP contribution >= 0.6 is 0 Å². The molecule has 10 heteroatoms. The van der Waals surface area contributed by atoms with E-state index in [9.17, 15) is 9.18 Å². The molecule has 0 saturated carbocycles. The summed E-state index contributed by atoms with van der Waals surface area (Å²) < 4.78 is 24.0. The van der Waals surface area contributed by atoms with Gasteiger partial charge >= 0.3 is 11.9 Å². The SMILES string of the molecule is COc1ccc(CN2CCN(C(=O)c3cccc(F)c3)CC2)c(OC)c1.O=C(O)C(=O)O. The first-order chi connectivity index (χ1) is 15.2. The summed E-state index contributed by atoms with van der Waals surface area (Å²) in [7, 11) is 3.27. The molecule has 1 aliphatic heterocycles. The van der Waals surface area contributed by atoms with Gasteiger partial charge in [-0.05, 0) is 24.3 Å². The number of carbonyl (C=O) groups is 3. The Morgan fingerprint density at radius 3 is 2.12 bits per heavy atom. The second-order valence-corrected chi connectivity index (χ2v) is 6.87. The summed E-state index contributed by atoms with van der Waals surface area (Å²) in [6.45, 7) is 3.50. The molecule has 0 radical (unpaired) electrons. The summed E-state index contributed by atoms with van der Waals surface area (Å²) in [6.07, 6.45) is 0. The minimum Gasteiger partial charge on any atom is -0.497 e. The summed E-state index contributed by atoms with van der Waals surface area (Å²) >= 11 is 0. The van der Waals surface area contributed by atoms with Crippen molar-refractivity contribution in [2.45, 2.75) is 6.54 Å². The molecule has 0 aliphatic carbocycles. The predicted octanol–water partition coefficient (Wildman–Crippen LogP) is 1.96. The van der Waals surface area contributed by atoms with Crippen LogP contribution in [0.3, 0.4) is 0 Å². The quantitative estimate of drug-likeness (QED) is 0.667. The van der Waals surface area contributed by atoms with Gasteiger partial charge in [0.05, 0.1) is 14.2 Å². The predicted molar refractivity (Wildman–Crippen MR) is 112 cm³/mol. The molecule has 172 valence electrons. The number of amides is 1. The van der Waals surface area contributed by atoms with E-state index >= 15 is 0 Å². The van der Waals surface area contributed by atoms with Gasteiger partial charge < -0.3 is 24.6 Å². The fraction of sp³-hybridized carbons (Fsp3) is 0.318. The van der Waals surface area contributed by atoms with Crippen LogP contribution in [0.15, 0.2) is 42.5 Å². The van der Waals surface area contributed by atoms with Crippen molar-refractivity contribution in [3.63, 3.8) is 0 Å². The molecular formula is C22H25FN2O7. The molecule has 0 aromatic heterocycles. The Bertz CT molecular complexity index is 947. The van der Waals surface area contributed by atoms with E-state index in [1.165, 1.54) is 12.1 Å². The number of piperazine rings is 1. The van der Waals surface area contributed by atoms with Crippen molar-refractivity contribution >= 4 is 17.8 Å². The van der Waals surface area contributed by atoms with Gasteiger partial charge in [0.2, 0.25) is 0 Å². The zero-order valence-corrected chi connectivity index (χ0v) is 17.8. The van der Waals surface area contributed by atoms with Crippen molar-refractivity contribution < 1.29 is 38.5 Å². The van der Waals surface area contributed by atoms with Crippen LogP contribution in [0.1, 0.15) is 15.9 Å². The van der Waals surface area contributed by atoms with Crippen LogP contribution in [-0.2, 0) is 16.1 Å². The van der Waals surface area contributed by atoms with Crippen LogP contribution in [0.5, 0.6) is 11.5 Å². The maximum Gasteiger partial charge on any atom is 0.414 e. The molecule has 2 aromatic rings. The second kappa shape index (κ2) is 11.7. The molecular weight excluding hydrogens is 423 g/mol. The first kappa shape index (κ1) is 24.6. The van der Waals surface area contributed by atoms with E-state index in [0.29, 0.717) is 18.7 Å². The van der Waals surface area contributed by atoms with Crippen LogP contribution in [0.2, 0.25) is 0 Å². The fourth-order valence-corrected chi connectivity index (χ4v) is 3.14. The Morgan fingerprint density at radius 2 is 1.59 bits per heavy atom. The summed E-state index contributed by atoms with van der Waals surface area (Å²) in [5.41, 5.74) is 1.48. The number of carbonyl (C=O) groups excluding carboxylic acids is 1. The van der Waals surface area contributed by atoms with Gasteiger partial charge in [-0.15, -0.1) is 0 Å². The van der Waals surface area contributed by atoms with E-state index in [0.717, 1.165) is 36.7 Å². The molecule has 1 heterocycles. The van der Waals surface area contributed by atoms with Gasteiger partial charge in [-0.3, -0.25) is 9.69 Å². The van der Waals surface area contributed by atoms with Gasteiger partial charge in [0.25, 0.3) is 5.91 Å². The van der Waals surface area contributed by atoms with E-state index in [2.05, 4.69) is 4.90 Å². The first-order valence-corrected chi connectivity index (χ1v) is 9.69. The Kier molecular flexibility index (Phi) is 8.96. The minimum absolute atomic E-state index is 0.119. The largest absolute Gasteiger partial charge is 0.497 e. The fourth-order valence-electron chi connectivity index (χ4n) is 3.14. The zero-order valence-electron chi connectivity index (χ0n) is 17.8. The van der Waals surface area contributed by atoms with Crippen molar-refractivity contribution in [2.75, 3.05) is 40.4 Å². The highest BCUT2D eigenvalue weighted by molar-refractivity contribution is 6.27. The molecule has 3 rings (SSSR count). The number of aliphatic carboxylic acids is 2. The lowest BCUT2D eigenvalue weighted by Crippen LogP contribution is -2.48. The topological polar surface area (TPSA) is 117 Å². The van der Waals surface area contributed by atoms with E-state index in [-0.39, 0.29) is 11.7 Å². The van der Waals surface area contributed by atoms with Crippen LogP contribution < -0.4 is 9.47 Å². The number of methoxy groups -OCH3 is 2. The Balaban J connectivity index is 0.000000534. The lowest BCUT2D eigenvalue weighted by molar-refractivity contribution is -0.159. The molecule has 1 aliphatic rings. The molecule has 1 fully saturated rings. The number of nitrogens with zero attached hydrogens (tertiary/aromatic N) is 2. The Morgan fingerprint density at radius 1 is 0.938 bits per heavy atom. The number of hydrogen-bond donors (Lipinski definition) is 2. The van der Waals surface area contributed by atoms with Crippen LogP contribution in [0, 0.1) is 5.82 Å². The normalized spacial score (nSPS) is 13.5. The van der Waals surface area contributed by atoms with Gasteiger partial charge in [0.15, 0.2) is 0 Å². The van der Waals surface area contributed by atoms with Crippen molar-refractivity contribution in [1.82, 2.24) is 9.80 Å². The molecule has 1 saturated heterocycles. The molecule has 0 bridgehead atoms. The summed E-state index contributed by atoms with van der Waals surface area (Å²) in [4.78, 5) is 34.7. The van der Waals surface area contributed by atoms with E-state index in [4.69, 9.17) is 29.3 Å². The van der Waals surface area contributed by atoms with E-state index < -0.39 is 11.9 Å². The Hall–Kier alpha value is -3.66. The molecule has 0 atom stereocenters. The number of ether oxygens (including phenoxy) is 2. The molecule has 0 unspecified atom stereocenters. The molecule has 32 heavy (non-hydrogen) atoms. The second-order valence-electron chi connectivity index (χ2n) is 6.87. The van der Waals surface area contributed by atoms with Crippen molar-refractivity contribution in [2.24, 2.45) is 0 Å². The van der Waals surface area contributed by atoms with Gasteiger partial charge in [-0.25, -0.2) is 14.0 Å². The van der Waals surface area contributed by atoms with Gasteiger partial charge in [0.1, 0.15) is 17.3 Å². The zero-order chi connectivity index (χ0) is 23.7.